The van der Waals surface area contributed by atoms with Crippen LogP contribution in [0.1, 0.15) is 25.0 Å². The van der Waals surface area contributed by atoms with Crippen molar-refractivity contribution in [2.24, 2.45) is 0 Å². The molecule has 0 aromatic heterocycles. The van der Waals surface area contributed by atoms with Crippen molar-refractivity contribution in [2.45, 2.75) is 13.8 Å². The van der Waals surface area contributed by atoms with Crippen LogP contribution in [-0.2, 0) is 4.74 Å². The summed E-state index contributed by atoms with van der Waals surface area (Å²) in [6.07, 6.45) is 11.1. The molecule has 0 saturated heterocycles. The van der Waals surface area contributed by atoms with Gasteiger partial charge in [-0.3, -0.25) is 0 Å². The average Bonchev–Trinajstić information content (AvgIpc) is 3.10. The number of ether oxygens (including phenoxy) is 1. The number of hydrogen-bond acceptors (Lipinski definition) is 4. The smallest absolute Gasteiger partial charge is 0.269 e. The van der Waals surface area contributed by atoms with Gasteiger partial charge in [0.2, 0.25) is 0 Å². The van der Waals surface area contributed by atoms with E-state index in [4.69, 9.17) is 11.3 Å². The van der Waals surface area contributed by atoms with Crippen LogP contribution in [0.3, 0.4) is 0 Å². The summed E-state index contributed by atoms with van der Waals surface area (Å²) in [5.74, 6) is 1.09. The van der Waals surface area contributed by atoms with Gasteiger partial charge in [0.15, 0.2) is 0 Å². The summed E-state index contributed by atoms with van der Waals surface area (Å²) in [7, 11) is 0. The minimum absolute atomic E-state index is 0.0185. The molecule has 0 amide bonds. The van der Waals surface area contributed by atoms with E-state index in [1.165, 1.54) is 5.69 Å². The lowest BCUT2D eigenvalue weighted by Crippen LogP contribution is -2.21. The maximum Gasteiger partial charge on any atom is 0.269 e. The van der Waals surface area contributed by atoms with Crippen LogP contribution in [0.15, 0.2) is 156 Å². The molecule has 0 bridgehead atoms. The average molecular weight is 587 g/mol. The highest BCUT2D eigenvalue weighted by Crippen LogP contribution is 2.34. The first-order valence-electron chi connectivity index (χ1n) is 15.0. The molecular weight excluding hydrogens is 552 g/mol. The Morgan fingerprint density at radius 3 is 1.53 bits per heavy atom. The summed E-state index contributed by atoms with van der Waals surface area (Å²) in [4.78, 5) is 7.93. The van der Waals surface area contributed by atoms with Gasteiger partial charge in [-0.15, -0.1) is 0 Å². The van der Waals surface area contributed by atoms with Crippen LogP contribution in [0.25, 0.3) is 17.0 Å². The predicted molar refractivity (Wildman–Crippen MR) is 186 cm³/mol. The summed E-state index contributed by atoms with van der Waals surface area (Å²) in [5, 5.41) is 9.55. The number of nitrogens with zero attached hydrogens (tertiary/aromatic N) is 4. The molecule has 45 heavy (non-hydrogen) atoms. The summed E-state index contributed by atoms with van der Waals surface area (Å²) < 4.78 is 6.16. The van der Waals surface area contributed by atoms with E-state index in [9.17, 15) is 5.26 Å². The Labute approximate surface area is 266 Å². The third-order valence-electron chi connectivity index (χ3n) is 7.40. The SMILES string of the molecule is [C-]#[N+]/C(C#N)=C1C=C(/C=C/c2ccc(N(CC)CC)cc2)OC(/C=C/c2ccc(N(c3ccccc3)c3ccccc3)cc2)=C\1. The lowest BCUT2D eigenvalue weighted by Gasteiger charge is -2.25. The Kier molecular flexibility index (Phi) is 10.1. The standard InChI is InChI=1S/C40H34N4O/c1-4-43(5-2)34-22-16-31(17-23-34)20-26-38-28-33(40(30-41)42-3)29-39(45-38)27-21-32-18-24-37(25-19-32)44(35-12-8-6-9-13-35)36-14-10-7-11-15-36/h6-29H,4-5H2,1-2H3/b26-20+,27-21+,40-33+. The monoisotopic (exact) mass is 586 g/mol. The Bertz CT molecular complexity index is 1770. The molecule has 0 radical (unpaired) electrons. The maximum absolute atomic E-state index is 9.55. The van der Waals surface area contributed by atoms with E-state index in [1.54, 1.807) is 12.2 Å². The van der Waals surface area contributed by atoms with Crippen LogP contribution in [0, 0.1) is 17.9 Å². The molecule has 0 spiro atoms. The van der Waals surface area contributed by atoms with E-state index in [-0.39, 0.29) is 5.70 Å². The number of hydrogen-bond donors (Lipinski definition) is 0. The Morgan fingerprint density at radius 1 is 0.667 bits per heavy atom. The third-order valence-corrected chi connectivity index (χ3v) is 7.40. The van der Waals surface area contributed by atoms with Crippen LogP contribution >= 0.6 is 0 Å². The highest BCUT2D eigenvalue weighted by molar-refractivity contribution is 5.77. The van der Waals surface area contributed by atoms with Crippen LogP contribution in [0.5, 0.6) is 0 Å². The Balaban J connectivity index is 1.36. The second-order valence-electron chi connectivity index (χ2n) is 10.3. The van der Waals surface area contributed by atoms with Crippen LogP contribution in [0.2, 0.25) is 0 Å². The van der Waals surface area contributed by atoms with Crippen molar-refractivity contribution in [1.82, 2.24) is 0 Å². The van der Waals surface area contributed by atoms with Gasteiger partial charge in [-0.25, -0.2) is 10.1 Å². The highest BCUT2D eigenvalue weighted by Gasteiger charge is 2.13. The quantitative estimate of drug-likeness (QED) is 0.137. The molecule has 0 aliphatic carbocycles. The zero-order chi connectivity index (χ0) is 31.4. The van der Waals surface area contributed by atoms with Crippen molar-refractivity contribution in [1.29, 1.82) is 5.26 Å². The van der Waals surface area contributed by atoms with E-state index in [1.807, 2.05) is 66.8 Å². The van der Waals surface area contributed by atoms with Crippen molar-refractivity contribution in [3.63, 3.8) is 0 Å². The van der Waals surface area contributed by atoms with Crippen molar-refractivity contribution >= 4 is 34.9 Å². The summed E-state index contributed by atoms with van der Waals surface area (Å²) in [6, 6.07) is 39.2. The summed E-state index contributed by atoms with van der Waals surface area (Å²) in [6.45, 7) is 13.7. The first-order chi connectivity index (χ1) is 22.1. The number of anilines is 4. The zero-order valence-electron chi connectivity index (χ0n) is 25.5. The molecule has 1 heterocycles. The van der Waals surface area contributed by atoms with Crippen molar-refractivity contribution in [3.05, 3.63) is 179 Å². The molecule has 5 rings (SSSR count). The lowest BCUT2D eigenvalue weighted by atomic mass is 10.1. The first kappa shape index (κ1) is 30.4. The minimum Gasteiger partial charge on any atom is -0.457 e. The summed E-state index contributed by atoms with van der Waals surface area (Å²) >= 11 is 0. The second-order valence-corrected chi connectivity index (χ2v) is 10.3. The number of allylic oxidation sites excluding steroid dienone is 6. The maximum atomic E-state index is 9.55. The molecule has 4 aromatic rings. The van der Waals surface area contributed by atoms with Gasteiger partial charge in [-0.1, -0.05) is 72.8 Å². The molecule has 0 unspecified atom stereocenters. The topological polar surface area (TPSA) is 43.9 Å². The van der Waals surface area contributed by atoms with Crippen molar-refractivity contribution in [3.8, 4) is 6.07 Å². The molecular formula is C40H34N4O. The van der Waals surface area contributed by atoms with E-state index in [0.29, 0.717) is 17.1 Å². The van der Waals surface area contributed by atoms with E-state index in [0.717, 1.165) is 41.3 Å². The highest BCUT2D eigenvalue weighted by atomic mass is 16.5. The molecule has 5 heteroatoms. The number of nitriles is 1. The largest absolute Gasteiger partial charge is 0.457 e. The lowest BCUT2D eigenvalue weighted by molar-refractivity contribution is 0.332. The first-order valence-corrected chi connectivity index (χ1v) is 15.0. The fourth-order valence-electron chi connectivity index (χ4n) is 5.08. The molecule has 5 nitrogen and oxygen atoms in total. The van der Waals surface area contributed by atoms with Gasteiger partial charge in [-0.05, 0) is 103 Å². The van der Waals surface area contributed by atoms with Gasteiger partial charge in [0.05, 0.1) is 12.6 Å². The van der Waals surface area contributed by atoms with E-state index in [2.05, 4.69) is 101 Å². The second kappa shape index (κ2) is 14.9. The fourth-order valence-corrected chi connectivity index (χ4v) is 5.08. The molecule has 0 saturated carbocycles. The minimum atomic E-state index is 0.0185. The van der Waals surface area contributed by atoms with E-state index >= 15 is 0 Å². The molecule has 1 aliphatic heterocycles. The number of para-hydroxylation sites is 2. The number of benzene rings is 4. The predicted octanol–water partition coefficient (Wildman–Crippen LogP) is 10.2. The van der Waals surface area contributed by atoms with Crippen molar-refractivity contribution < 1.29 is 4.74 Å². The Morgan fingerprint density at radius 2 is 1.11 bits per heavy atom. The molecule has 0 N–H and O–H groups in total. The molecule has 1 aliphatic rings. The van der Waals surface area contributed by atoms with Gasteiger partial charge < -0.3 is 14.5 Å². The van der Waals surface area contributed by atoms with Gasteiger partial charge in [-0.2, -0.15) is 0 Å². The summed E-state index contributed by atoms with van der Waals surface area (Å²) in [5.41, 5.74) is 6.93. The third kappa shape index (κ3) is 7.68. The zero-order valence-corrected chi connectivity index (χ0v) is 25.5. The van der Waals surface area contributed by atoms with Crippen LogP contribution < -0.4 is 9.80 Å². The Hall–Kier alpha value is -6.04. The normalized spacial score (nSPS) is 13.8. The number of rotatable bonds is 10. The van der Waals surface area contributed by atoms with E-state index < -0.39 is 0 Å². The van der Waals surface area contributed by atoms with Crippen LogP contribution in [-0.4, -0.2) is 13.1 Å². The molecule has 0 fully saturated rings. The van der Waals surface area contributed by atoms with Gasteiger partial charge in [0.25, 0.3) is 5.70 Å². The van der Waals surface area contributed by atoms with Gasteiger partial charge in [0.1, 0.15) is 11.5 Å². The molecule has 0 atom stereocenters. The van der Waals surface area contributed by atoms with Crippen LogP contribution in [0.4, 0.5) is 22.7 Å². The molecule has 4 aromatic carbocycles. The fraction of sp³-hybridized carbons (Fsp3) is 0.100. The van der Waals surface area contributed by atoms with Gasteiger partial charge in [0, 0.05) is 35.8 Å². The van der Waals surface area contributed by atoms with Gasteiger partial charge >= 0.3 is 0 Å². The van der Waals surface area contributed by atoms with Crippen molar-refractivity contribution in [2.75, 3.05) is 22.9 Å². The molecule has 220 valence electrons.